The molecule has 0 bridgehead atoms. The molecule has 2 rings (SSSR count). The molecular formula is C16H14Cl2O3. The molecule has 0 aromatic heterocycles. The highest BCUT2D eigenvalue weighted by Gasteiger charge is 2.08. The van der Waals surface area contributed by atoms with E-state index in [0.29, 0.717) is 15.8 Å². The average molecular weight is 325 g/mol. The Morgan fingerprint density at radius 2 is 1.81 bits per heavy atom. The van der Waals surface area contributed by atoms with Gasteiger partial charge in [-0.15, -0.1) is 0 Å². The lowest BCUT2D eigenvalue weighted by molar-refractivity contribution is -0.147. The second-order valence-electron chi connectivity index (χ2n) is 4.51. The zero-order valence-electron chi connectivity index (χ0n) is 11.4. The fourth-order valence-corrected chi connectivity index (χ4v) is 2.08. The van der Waals surface area contributed by atoms with Crippen molar-refractivity contribution in [3.8, 4) is 5.75 Å². The Hall–Kier alpha value is -1.71. The number of carbonyl (C=O) groups is 1. The molecule has 0 aliphatic heterocycles. The molecule has 0 heterocycles. The average Bonchev–Trinajstić information content (AvgIpc) is 2.46. The van der Waals surface area contributed by atoms with E-state index in [9.17, 15) is 4.79 Å². The van der Waals surface area contributed by atoms with E-state index in [1.165, 1.54) is 0 Å². The molecule has 3 nitrogen and oxygen atoms in total. The Bertz CT molecular complexity index is 624. The number of carbonyl (C=O) groups excluding carboxylic acids is 1. The maximum Gasteiger partial charge on any atom is 0.344 e. The van der Waals surface area contributed by atoms with Gasteiger partial charge in [0.05, 0.1) is 5.02 Å². The minimum absolute atomic E-state index is 0.201. The number of ether oxygens (including phenoxy) is 2. The van der Waals surface area contributed by atoms with Crippen molar-refractivity contribution in [1.82, 2.24) is 0 Å². The number of aryl methyl sites for hydroxylation is 1. The van der Waals surface area contributed by atoms with Gasteiger partial charge in [0, 0.05) is 5.02 Å². The van der Waals surface area contributed by atoms with E-state index in [1.807, 2.05) is 31.2 Å². The lowest BCUT2D eigenvalue weighted by Gasteiger charge is -2.08. The van der Waals surface area contributed by atoms with Crippen LogP contribution in [-0.4, -0.2) is 12.6 Å². The molecule has 0 N–H and O–H groups in total. The van der Waals surface area contributed by atoms with Crippen molar-refractivity contribution >= 4 is 29.2 Å². The summed E-state index contributed by atoms with van der Waals surface area (Å²) in [6.07, 6.45) is 0. The van der Waals surface area contributed by atoms with Crippen LogP contribution < -0.4 is 4.74 Å². The van der Waals surface area contributed by atoms with Gasteiger partial charge in [0.15, 0.2) is 6.61 Å². The summed E-state index contributed by atoms with van der Waals surface area (Å²) < 4.78 is 10.4. The number of hydrogen-bond acceptors (Lipinski definition) is 3. The molecule has 0 aliphatic rings. The Morgan fingerprint density at radius 1 is 1.10 bits per heavy atom. The molecule has 110 valence electrons. The van der Waals surface area contributed by atoms with E-state index in [0.717, 1.165) is 11.1 Å². The highest BCUT2D eigenvalue weighted by atomic mass is 35.5. The molecule has 0 atom stereocenters. The van der Waals surface area contributed by atoms with E-state index >= 15 is 0 Å². The van der Waals surface area contributed by atoms with E-state index in [4.69, 9.17) is 32.7 Å². The third kappa shape index (κ3) is 4.96. The van der Waals surface area contributed by atoms with Crippen molar-refractivity contribution in [3.63, 3.8) is 0 Å². The Labute approximate surface area is 133 Å². The van der Waals surface area contributed by atoms with Crippen molar-refractivity contribution in [3.05, 3.63) is 63.6 Å². The largest absolute Gasteiger partial charge is 0.480 e. The van der Waals surface area contributed by atoms with Crippen molar-refractivity contribution in [1.29, 1.82) is 0 Å². The predicted molar refractivity (Wildman–Crippen MR) is 82.9 cm³/mol. The number of hydrogen-bond donors (Lipinski definition) is 0. The number of rotatable bonds is 5. The quantitative estimate of drug-likeness (QED) is 0.763. The molecule has 5 heteroatoms. The predicted octanol–water partition coefficient (Wildman–Crippen LogP) is 4.42. The summed E-state index contributed by atoms with van der Waals surface area (Å²) in [5.74, 6) is -0.0602. The third-order valence-corrected chi connectivity index (χ3v) is 3.29. The van der Waals surface area contributed by atoms with Gasteiger partial charge >= 0.3 is 5.97 Å². The lowest BCUT2D eigenvalue weighted by atomic mass is 10.2. The van der Waals surface area contributed by atoms with Crippen LogP contribution in [0.15, 0.2) is 42.5 Å². The molecule has 0 fully saturated rings. The van der Waals surface area contributed by atoms with Gasteiger partial charge < -0.3 is 9.47 Å². The van der Waals surface area contributed by atoms with Crippen LogP contribution in [0.1, 0.15) is 11.1 Å². The van der Waals surface area contributed by atoms with Gasteiger partial charge in [0.1, 0.15) is 12.4 Å². The Balaban J connectivity index is 1.80. The second kappa shape index (κ2) is 7.34. The van der Waals surface area contributed by atoms with Gasteiger partial charge in [-0.25, -0.2) is 4.79 Å². The highest BCUT2D eigenvalue weighted by molar-refractivity contribution is 6.35. The maximum atomic E-state index is 11.6. The molecule has 2 aromatic carbocycles. The lowest BCUT2D eigenvalue weighted by Crippen LogP contribution is -2.14. The fourth-order valence-electron chi connectivity index (χ4n) is 1.62. The molecule has 0 aliphatic carbocycles. The molecule has 21 heavy (non-hydrogen) atoms. The van der Waals surface area contributed by atoms with Gasteiger partial charge in [0.25, 0.3) is 0 Å². The van der Waals surface area contributed by atoms with Gasteiger partial charge in [-0.3, -0.25) is 0 Å². The summed E-state index contributed by atoms with van der Waals surface area (Å²) in [7, 11) is 0. The van der Waals surface area contributed by atoms with Crippen LogP contribution in [0.4, 0.5) is 0 Å². The molecule has 0 saturated carbocycles. The van der Waals surface area contributed by atoms with Crippen LogP contribution in [0.5, 0.6) is 5.75 Å². The molecule has 0 radical (unpaired) electrons. The summed E-state index contributed by atoms with van der Waals surface area (Å²) in [6, 6.07) is 12.6. The van der Waals surface area contributed by atoms with Crippen molar-refractivity contribution in [2.45, 2.75) is 13.5 Å². The van der Waals surface area contributed by atoms with Gasteiger partial charge in [-0.2, -0.15) is 0 Å². The number of benzene rings is 2. The highest BCUT2D eigenvalue weighted by Crippen LogP contribution is 2.27. The normalized spacial score (nSPS) is 10.2. The van der Waals surface area contributed by atoms with E-state index in [-0.39, 0.29) is 13.2 Å². The van der Waals surface area contributed by atoms with Crippen LogP contribution in [-0.2, 0) is 16.1 Å². The zero-order chi connectivity index (χ0) is 15.2. The summed E-state index contributed by atoms with van der Waals surface area (Å²) >= 11 is 11.7. The summed E-state index contributed by atoms with van der Waals surface area (Å²) in [5.41, 5.74) is 2.09. The van der Waals surface area contributed by atoms with Gasteiger partial charge in [-0.1, -0.05) is 53.0 Å². The van der Waals surface area contributed by atoms with Crippen molar-refractivity contribution in [2.75, 3.05) is 6.61 Å². The first-order chi connectivity index (χ1) is 10.0. The SMILES string of the molecule is Cc1ccc(COC(=O)COc2ccc(Cl)cc2Cl)cc1. The number of esters is 1. The van der Waals surface area contributed by atoms with Crippen LogP contribution in [0, 0.1) is 6.92 Å². The third-order valence-electron chi connectivity index (χ3n) is 2.76. The monoisotopic (exact) mass is 324 g/mol. The van der Waals surface area contributed by atoms with Crippen LogP contribution in [0.2, 0.25) is 10.0 Å². The van der Waals surface area contributed by atoms with Crippen LogP contribution in [0.25, 0.3) is 0 Å². The first kappa shape index (κ1) is 15.7. The summed E-state index contributed by atoms with van der Waals surface area (Å²) in [4.78, 5) is 11.6. The van der Waals surface area contributed by atoms with Gasteiger partial charge in [0.2, 0.25) is 0 Å². The summed E-state index contributed by atoms with van der Waals surface area (Å²) in [5, 5.41) is 0.864. The van der Waals surface area contributed by atoms with Crippen molar-refractivity contribution < 1.29 is 14.3 Å². The minimum Gasteiger partial charge on any atom is -0.480 e. The maximum absolute atomic E-state index is 11.6. The Morgan fingerprint density at radius 3 is 2.48 bits per heavy atom. The minimum atomic E-state index is -0.457. The molecule has 0 spiro atoms. The molecule has 0 amide bonds. The molecule has 2 aromatic rings. The summed E-state index contributed by atoms with van der Waals surface area (Å²) in [6.45, 7) is 2.02. The standard InChI is InChI=1S/C16H14Cl2O3/c1-11-2-4-12(5-3-11)9-21-16(19)10-20-15-7-6-13(17)8-14(15)18/h2-8H,9-10H2,1H3. The van der Waals surface area contributed by atoms with Gasteiger partial charge in [-0.05, 0) is 30.7 Å². The first-order valence-electron chi connectivity index (χ1n) is 6.33. The first-order valence-corrected chi connectivity index (χ1v) is 7.09. The van der Waals surface area contributed by atoms with E-state index < -0.39 is 5.97 Å². The number of halogens is 2. The molecule has 0 unspecified atom stereocenters. The molecular weight excluding hydrogens is 311 g/mol. The Kier molecular flexibility index (Phi) is 5.48. The van der Waals surface area contributed by atoms with Crippen molar-refractivity contribution in [2.24, 2.45) is 0 Å². The van der Waals surface area contributed by atoms with Crippen LogP contribution >= 0.6 is 23.2 Å². The smallest absolute Gasteiger partial charge is 0.344 e. The van der Waals surface area contributed by atoms with Crippen LogP contribution in [0.3, 0.4) is 0 Å². The molecule has 0 saturated heterocycles. The zero-order valence-corrected chi connectivity index (χ0v) is 12.9. The fraction of sp³-hybridized carbons (Fsp3) is 0.188. The van der Waals surface area contributed by atoms with E-state index in [1.54, 1.807) is 18.2 Å². The van der Waals surface area contributed by atoms with E-state index in [2.05, 4.69) is 0 Å². The second-order valence-corrected chi connectivity index (χ2v) is 5.35. The topological polar surface area (TPSA) is 35.5 Å².